The van der Waals surface area contributed by atoms with Gasteiger partial charge in [-0.2, -0.15) is 5.10 Å². The zero-order chi connectivity index (χ0) is 17.8. The number of hydrogen-bond donors (Lipinski definition) is 1. The highest BCUT2D eigenvalue weighted by Gasteiger charge is 2.27. The number of amides is 2. The lowest BCUT2D eigenvalue weighted by atomic mass is 9.99. The molecule has 1 fully saturated rings. The molecule has 4 rings (SSSR count). The second-order valence-electron chi connectivity index (χ2n) is 6.68. The van der Waals surface area contributed by atoms with E-state index in [9.17, 15) is 4.79 Å². The third-order valence-corrected chi connectivity index (χ3v) is 4.83. The number of carbonyl (C=O) groups excluding carboxylic acids is 1. The number of urea groups is 1. The van der Waals surface area contributed by atoms with Gasteiger partial charge in [0.2, 0.25) is 0 Å². The molecule has 0 unspecified atom stereocenters. The highest BCUT2D eigenvalue weighted by Crippen LogP contribution is 2.27. The Balaban J connectivity index is 1.38. The molecule has 0 spiro atoms. The molecule has 1 aliphatic rings. The lowest BCUT2D eigenvalue weighted by molar-refractivity contribution is 0.222. The van der Waals surface area contributed by atoms with Gasteiger partial charge in [0.1, 0.15) is 0 Å². The summed E-state index contributed by atoms with van der Waals surface area (Å²) in [5.74, 6) is 0.424. The van der Waals surface area contributed by atoms with Crippen molar-refractivity contribution in [2.24, 2.45) is 0 Å². The lowest BCUT2D eigenvalue weighted by Crippen LogP contribution is -2.32. The van der Waals surface area contributed by atoms with Crippen molar-refractivity contribution in [3.8, 4) is 0 Å². The van der Waals surface area contributed by atoms with Crippen LogP contribution in [0.2, 0.25) is 0 Å². The second kappa shape index (κ2) is 7.44. The van der Waals surface area contributed by atoms with Crippen molar-refractivity contribution in [2.45, 2.75) is 18.9 Å². The normalized spacial score (nSPS) is 16.6. The number of nitrogens with zero attached hydrogens (tertiary/aromatic N) is 3. The quantitative estimate of drug-likeness (QED) is 0.777. The summed E-state index contributed by atoms with van der Waals surface area (Å²) >= 11 is 0. The van der Waals surface area contributed by atoms with Crippen LogP contribution in [-0.2, 0) is 6.54 Å². The molecular weight excluding hydrogens is 324 g/mol. The smallest absolute Gasteiger partial charge is 0.321 e. The number of rotatable bonds is 4. The number of aromatic nitrogens is 2. The molecule has 0 radical (unpaired) electrons. The van der Waals surface area contributed by atoms with Gasteiger partial charge in [-0.3, -0.25) is 4.68 Å². The van der Waals surface area contributed by atoms with Crippen LogP contribution in [0.15, 0.2) is 73.1 Å². The van der Waals surface area contributed by atoms with Crippen molar-refractivity contribution in [1.82, 2.24) is 14.7 Å². The summed E-state index contributed by atoms with van der Waals surface area (Å²) < 4.78 is 1.87. The average Bonchev–Trinajstić information content (AvgIpc) is 3.35. The lowest BCUT2D eigenvalue weighted by Gasteiger charge is -2.18. The fourth-order valence-corrected chi connectivity index (χ4v) is 3.47. The van der Waals surface area contributed by atoms with Gasteiger partial charge in [0, 0.05) is 37.1 Å². The van der Waals surface area contributed by atoms with Crippen molar-refractivity contribution >= 4 is 11.7 Å². The first-order valence-electron chi connectivity index (χ1n) is 8.95. The molecule has 2 amide bonds. The fourth-order valence-electron chi connectivity index (χ4n) is 3.47. The summed E-state index contributed by atoms with van der Waals surface area (Å²) in [7, 11) is 0. The third-order valence-electron chi connectivity index (χ3n) is 4.83. The van der Waals surface area contributed by atoms with E-state index < -0.39 is 0 Å². The largest absolute Gasteiger partial charge is 0.324 e. The van der Waals surface area contributed by atoms with Crippen LogP contribution in [-0.4, -0.2) is 33.8 Å². The first-order valence-corrected chi connectivity index (χ1v) is 8.95. The van der Waals surface area contributed by atoms with Gasteiger partial charge in [-0.25, -0.2) is 4.79 Å². The molecular formula is C21H22N4O. The second-order valence-corrected chi connectivity index (χ2v) is 6.68. The molecule has 132 valence electrons. The molecule has 26 heavy (non-hydrogen) atoms. The van der Waals surface area contributed by atoms with Crippen LogP contribution in [0.5, 0.6) is 0 Å². The van der Waals surface area contributed by atoms with Gasteiger partial charge in [-0.05, 0) is 35.7 Å². The van der Waals surface area contributed by atoms with E-state index in [0.717, 1.165) is 30.8 Å². The van der Waals surface area contributed by atoms with Gasteiger partial charge >= 0.3 is 6.03 Å². The van der Waals surface area contributed by atoms with Gasteiger partial charge in [-0.15, -0.1) is 0 Å². The van der Waals surface area contributed by atoms with Crippen LogP contribution in [0, 0.1) is 0 Å². The average molecular weight is 346 g/mol. The first kappa shape index (κ1) is 16.4. The van der Waals surface area contributed by atoms with Gasteiger partial charge < -0.3 is 10.2 Å². The molecule has 1 N–H and O–H groups in total. The van der Waals surface area contributed by atoms with Crippen molar-refractivity contribution < 1.29 is 4.79 Å². The highest BCUT2D eigenvalue weighted by molar-refractivity contribution is 5.89. The monoisotopic (exact) mass is 346 g/mol. The van der Waals surface area contributed by atoms with Crippen LogP contribution in [0.4, 0.5) is 10.5 Å². The molecule has 2 heterocycles. The zero-order valence-electron chi connectivity index (χ0n) is 14.6. The van der Waals surface area contributed by atoms with Crippen molar-refractivity contribution in [2.75, 3.05) is 18.4 Å². The molecule has 5 nitrogen and oxygen atoms in total. The van der Waals surface area contributed by atoms with E-state index in [1.54, 1.807) is 6.20 Å². The van der Waals surface area contributed by atoms with Gasteiger partial charge in [0.15, 0.2) is 0 Å². The highest BCUT2D eigenvalue weighted by atomic mass is 16.2. The van der Waals surface area contributed by atoms with Crippen LogP contribution < -0.4 is 5.32 Å². The molecule has 1 saturated heterocycles. The summed E-state index contributed by atoms with van der Waals surface area (Å²) in [6, 6.07) is 20.2. The number of carbonyl (C=O) groups is 1. The van der Waals surface area contributed by atoms with Crippen molar-refractivity contribution in [3.63, 3.8) is 0 Å². The predicted molar refractivity (Wildman–Crippen MR) is 102 cm³/mol. The molecule has 0 bridgehead atoms. The minimum Gasteiger partial charge on any atom is -0.324 e. The van der Waals surface area contributed by atoms with E-state index in [2.05, 4.69) is 34.7 Å². The minimum absolute atomic E-state index is 0.0281. The Bertz CT molecular complexity index is 861. The number of anilines is 1. The number of likely N-dealkylation sites (tertiary alicyclic amines) is 1. The molecule has 5 heteroatoms. The van der Waals surface area contributed by atoms with Gasteiger partial charge in [0.25, 0.3) is 0 Å². The maximum atomic E-state index is 12.6. The Kier molecular flexibility index (Phi) is 4.69. The Hall–Kier alpha value is -3.08. The van der Waals surface area contributed by atoms with Crippen LogP contribution in [0.3, 0.4) is 0 Å². The van der Waals surface area contributed by atoms with Crippen molar-refractivity contribution in [1.29, 1.82) is 0 Å². The van der Waals surface area contributed by atoms with E-state index in [1.165, 1.54) is 5.56 Å². The van der Waals surface area contributed by atoms with E-state index in [1.807, 2.05) is 52.2 Å². The van der Waals surface area contributed by atoms with Gasteiger partial charge in [-0.1, -0.05) is 42.5 Å². The first-order chi connectivity index (χ1) is 12.8. The van der Waals surface area contributed by atoms with E-state index in [-0.39, 0.29) is 6.03 Å². The maximum absolute atomic E-state index is 12.6. The summed E-state index contributed by atoms with van der Waals surface area (Å²) in [5, 5.41) is 7.26. The summed E-state index contributed by atoms with van der Waals surface area (Å²) in [4.78, 5) is 14.5. The number of nitrogens with one attached hydrogen (secondary N) is 1. The predicted octanol–water partition coefficient (Wildman–Crippen LogP) is 3.95. The third kappa shape index (κ3) is 3.77. The van der Waals surface area contributed by atoms with Crippen LogP contribution >= 0.6 is 0 Å². The summed E-state index contributed by atoms with van der Waals surface area (Å²) in [6.45, 7) is 2.25. The Morgan fingerprint density at radius 3 is 2.81 bits per heavy atom. The van der Waals surface area contributed by atoms with E-state index >= 15 is 0 Å². The number of benzene rings is 2. The van der Waals surface area contributed by atoms with Crippen molar-refractivity contribution in [3.05, 3.63) is 84.2 Å². The molecule has 0 aliphatic carbocycles. The summed E-state index contributed by atoms with van der Waals surface area (Å²) in [6.07, 6.45) is 4.71. The fraction of sp³-hybridized carbons (Fsp3) is 0.238. The van der Waals surface area contributed by atoms with Crippen LogP contribution in [0.1, 0.15) is 23.5 Å². The number of hydrogen-bond acceptors (Lipinski definition) is 2. The molecule has 2 aromatic carbocycles. The Labute approximate surface area is 153 Å². The molecule has 3 aromatic rings. The van der Waals surface area contributed by atoms with Crippen LogP contribution in [0.25, 0.3) is 0 Å². The molecule has 0 saturated carbocycles. The molecule has 1 atom stereocenters. The topological polar surface area (TPSA) is 50.2 Å². The molecule has 1 aromatic heterocycles. The zero-order valence-corrected chi connectivity index (χ0v) is 14.6. The standard InChI is InChI=1S/C21H22N4O/c26-21(24-13-10-19(16-24)18-7-2-1-3-8-18)23-20-9-4-6-17(14-20)15-25-12-5-11-22-25/h1-9,11-12,14,19H,10,13,15-16H2,(H,23,26)/t19-/m1/s1. The molecule has 1 aliphatic heterocycles. The van der Waals surface area contributed by atoms with E-state index in [0.29, 0.717) is 12.5 Å². The maximum Gasteiger partial charge on any atom is 0.321 e. The minimum atomic E-state index is -0.0281. The SMILES string of the molecule is O=C(Nc1cccc(Cn2cccn2)c1)N1CC[C@@H](c2ccccc2)C1. The van der Waals surface area contributed by atoms with E-state index in [4.69, 9.17) is 0 Å². The van der Waals surface area contributed by atoms with Gasteiger partial charge in [0.05, 0.1) is 6.54 Å². The summed E-state index contributed by atoms with van der Waals surface area (Å²) in [5.41, 5.74) is 3.24. The Morgan fingerprint density at radius 2 is 2.00 bits per heavy atom. The Morgan fingerprint density at radius 1 is 1.12 bits per heavy atom.